The zero-order valence-electron chi connectivity index (χ0n) is 16.5. The first-order valence-corrected chi connectivity index (χ1v) is 10.6. The summed E-state index contributed by atoms with van der Waals surface area (Å²) in [6.07, 6.45) is 19.0. The molecular formula is C21H44O3. The molecule has 0 aliphatic carbocycles. The van der Waals surface area contributed by atoms with Gasteiger partial charge in [-0.05, 0) is 12.8 Å². The molecule has 0 aliphatic rings. The Morgan fingerprint density at radius 3 is 1.58 bits per heavy atom. The molecule has 0 bridgehead atoms. The van der Waals surface area contributed by atoms with Crippen LogP contribution in [0.25, 0.3) is 0 Å². The Bertz CT molecular complexity index is 233. The van der Waals surface area contributed by atoms with E-state index in [9.17, 15) is 5.11 Å². The summed E-state index contributed by atoms with van der Waals surface area (Å²) >= 11 is 0. The van der Waals surface area contributed by atoms with Crippen LogP contribution in [0.2, 0.25) is 0 Å². The molecular weight excluding hydrogens is 300 g/mol. The maximum absolute atomic E-state index is 9.45. The van der Waals surface area contributed by atoms with Crippen LogP contribution < -0.4 is 0 Å². The lowest BCUT2D eigenvalue weighted by atomic mass is 10.0. The molecule has 3 heteroatoms. The van der Waals surface area contributed by atoms with Crippen LogP contribution in [0.4, 0.5) is 0 Å². The van der Waals surface area contributed by atoms with Crippen molar-refractivity contribution in [2.24, 2.45) is 0 Å². The van der Waals surface area contributed by atoms with Crippen molar-refractivity contribution < 1.29 is 14.9 Å². The van der Waals surface area contributed by atoms with Crippen molar-refractivity contribution in [1.82, 2.24) is 0 Å². The molecule has 2 N–H and O–H groups in total. The lowest BCUT2D eigenvalue weighted by Gasteiger charge is -2.19. The fraction of sp³-hybridized carbons (Fsp3) is 1.00. The number of hydrogen-bond acceptors (Lipinski definition) is 3. The maximum Gasteiger partial charge on any atom is 0.100 e. The van der Waals surface area contributed by atoms with Crippen LogP contribution in [0, 0.1) is 0 Å². The van der Waals surface area contributed by atoms with Gasteiger partial charge in [-0.25, -0.2) is 0 Å². The highest BCUT2D eigenvalue weighted by Gasteiger charge is 2.11. The van der Waals surface area contributed by atoms with Gasteiger partial charge in [0.15, 0.2) is 0 Å². The summed E-state index contributed by atoms with van der Waals surface area (Å²) in [6.45, 7) is 4.54. The molecule has 0 fully saturated rings. The molecule has 0 heterocycles. The normalized spacial score (nSPS) is 14.0. The van der Waals surface area contributed by atoms with E-state index in [-0.39, 0.29) is 19.3 Å². The molecule has 146 valence electrons. The Kier molecular flexibility index (Phi) is 19.1. The van der Waals surface area contributed by atoms with E-state index in [1.165, 1.54) is 83.5 Å². The van der Waals surface area contributed by atoms with E-state index >= 15 is 0 Å². The molecule has 0 aliphatic heterocycles. The minimum absolute atomic E-state index is 0.208. The van der Waals surface area contributed by atoms with E-state index in [1.807, 2.05) is 0 Å². The van der Waals surface area contributed by atoms with Crippen molar-refractivity contribution in [3.8, 4) is 0 Å². The Morgan fingerprint density at radius 1 is 0.667 bits per heavy atom. The van der Waals surface area contributed by atoms with E-state index in [4.69, 9.17) is 9.84 Å². The van der Waals surface area contributed by atoms with E-state index < -0.39 is 6.10 Å². The Hall–Kier alpha value is -0.120. The van der Waals surface area contributed by atoms with Gasteiger partial charge in [0.1, 0.15) is 6.10 Å². The van der Waals surface area contributed by atoms with Crippen LogP contribution in [-0.2, 0) is 4.74 Å². The van der Waals surface area contributed by atoms with Gasteiger partial charge >= 0.3 is 0 Å². The molecule has 0 spiro atoms. The molecule has 0 saturated heterocycles. The average molecular weight is 345 g/mol. The van der Waals surface area contributed by atoms with Crippen molar-refractivity contribution in [1.29, 1.82) is 0 Å². The molecule has 0 aromatic heterocycles. The number of hydrogen-bond donors (Lipinski definition) is 2. The quantitative estimate of drug-likeness (QED) is 0.299. The molecule has 2 unspecified atom stereocenters. The van der Waals surface area contributed by atoms with Crippen LogP contribution in [0.3, 0.4) is 0 Å². The predicted octanol–water partition coefficient (Wildman–Crippen LogP) is 5.62. The van der Waals surface area contributed by atoms with Gasteiger partial charge in [0.25, 0.3) is 0 Å². The summed E-state index contributed by atoms with van der Waals surface area (Å²) in [4.78, 5) is 0. The number of ether oxygens (including phenoxy) is 1. The van der Waals surface area contributed by atoms with Gasteiger partial charge in [0, 0.05) is 0 Å². The lowest BCUT2D eigenvalue weighted by molar-refractivity contribution is -0.0350. The summed E-state index contributed by atoms with van der Waals surface area (Å²) < 4.78 is 5.81. The molecule has 0 aromatic carbocycles. The number of rotatable bonds is 19. The molecule has 0 aromatic rings. The first-order valence-electron chi connectivity index (χ1n) is 10.6. The lowest BCUT2D eigenvalue weighted by Crippen LogP contribution is -2.24. The van der Waals surface area contributed by atoms with E-state index in [2.05, 4.69) is 13.8 Å². The van der Waals surface area contributed by atoms with Crippen molar-refractivity contribution in [3.63, 3.8) is 0 Å². The number of unbranched alkanes of at least 4 members (excludes halogenated alkanes) is 11. The fourth-order valence-electron chi connectivity index (χ4n) is 3.09. The Balaban J connectivity index is 3.61. The Labute approximate surface area is 151 Å². The largest absolute Gasteiger partial charge is 0.394 e. The van der Waals surface area contributed by atoms with Crippen LogP contribution in [0.5, 0.6) is 0 Å². The highest BCUT2D eigenvalue weighted by atomic mass is 16.5. The Morgan fingerprint density at radius 2 is 1.08 bits per heavy atom. The maximum atomic E-state index is 9.45. The van der Waals surface area contributed by atoms with Crippen molar-refractivity contribution in [2.45, 2.75) is 122 Å². The summed E-state index contributed by atoms with van der Waals surface area (Å²) in [5, 5.41) is 18.3. The molecule has 3 nitrogen and oxygen atoms in total. The minimum Gasteiger partial charge on any atom is -0.394 e. The van der Waals surface area contributed by atoms with E-state index in [0.29, 0.717) is 0 Å². The topological polar surface area (TPSA) is 49.7 Å². The van der Waals surface area contributed by atoms with Crippen molar-refractivity contribution in [3.05, 3.63) is 0 Å². The molecule has 24 heavy (non-hydrogen) atoms. The predicted molar refractivity (Wildman–Crippen MR) is 103 cm³/mol. The molecule has 0 amide bonds. The van der Waals surface area contributed by atoms with Gasteiger partial charge in [-0.1, -0.05) is 97.3 Å². The third-order valence-electron chi connectivity index (χ3n) is 4.74. The third-order valence-corrected chi connectivity index (χ3v) is 4.74. The molecule has 0 radical (unpaired) electrons. The zero-order valence-corrected chi connectivity index (χ0v) is 16.5. The SMILES string of the molecule is CCCCCCCCCCCCC(CCCCC)OCC(O)CO. The highest BCUT2D eigenvalue weighted by Crippen LogP contribution is 2.16. The van der Waals surface area contributed by atoms with Gasteiger partial charge in [0.05, 0.1) is 19.3 Å². The van der Waals surface area contributed by atoms with Gasteiger partial charge in [-0.15, -0.1) is 0 Å². The second kappa shape index (κ2) is 19.2. The first kappa shape index (κ1) is 23.9. The molecule has 2 atom stereocenters. The first-order chi connectivity index (χ1) is 11.7. The second-order valence-corrected chi connectivity index (χ2v) is 7.26. The van der Waals surface area contributed by atoms with Crippen molar-refractivity contribution in [2.75, 3.05) is 13.2 Å². The van der Waals surface area contributed by atoms with Gasteiger partial charge < -0.3 is 14.9 Å². The van der Waals surface area contributed by atoms with Gasteiger partial charge in [-0.2, -0.15) is 0 Å². The fourth-order valence-corrected chi connectivity index (χ4v) is 3.09. The minimum atomic E-state index is -0.730. The summed E-state index contributed by atoms with van der Waals surface area (Å²) in [6, 6.07) is 0. The third kappa shape index (κ3) is 16.7. The number of aliphatic hydroxyl groups is 2. The van der Waals surface area contributed by atoms with Crippen LogP contribution >= 0.6 is 0 Å². The summed E-state index contributed by atoms with van der Waals surface area (Å²) in [5.41, 5.74) is 0. The van der Waals surface area contributed by atoms with Crippen LogP contribution in [0.1, 0.15) is 110 Å². The number of aliphatic hydroxyl groups excluding tert-OH is 2. The van der Waals surface area contributed by atoms with Gasteiger partial charge in [0.2, 0.25) is 0 Å². The zero-order chi connectivity index (χ0) is 17.9. The van der Waals surface area contributed by atoms with Gasteiger partial charge in [-0.3, -0.25) is 0 Å². The molecule has 0 saturated carbocycles. The second-order valence-electron chi connectivity index (χ2n) is 7.26. The van der Waals surface area contributed by atoms with Crippen LogP contribution in [-0.4, -0.2) is 35.6 Å². The average Bonchev–Trinajstić information content (AvgIpc) is 2.60. The van der Waals surface area contributed by atoms with E-state index in [0.717, 1.165) is 12.8 Å². The smallest absolute Gasteiger partial charge is 0.100 e. The standard InChI is InChI=1S/C21H44O3/c1-3-5-7-8-9-10-11-12-13-15-17-21(16-14-6-4-2)24-19-20(23)18-22/h20-23H,3-19H2,1-2H3. The summed E-state index contributed by atoms with van der Waals surface area (Å²) in [7, 11) is 0. The van der Waals surface area contributed by atoms with Crippen LogP contribution in [0.15, 0.2) is 0 Å². The van der Waals surface area contributed by atoms with E-state index in [1.54, 1.807) is 0 Å². The highest BCUT2D eigenvalue weighted by molar-refractivity contribution is 4.62. The van der Waals surface area contributed by atoms with Crippen molar-refractivity contribution >= 4 is 0 Å². The molecule has 0 rings (SSSR count). The summed E-state index contributed by atoms with van der Waals surface area (Å²) in [5.74, 6) is 0. The monoisotopic (exact) mass is 344 g/mol.